The van der Waals surface area contributed by atoms with Gasteiger partial charge in [0.25, 0.3) is 0 Å². The molecule has 1 aliphatic rings. The van der Waals surface area contributed by atoms with Gasteiger partial charge in [-0.25, -0.2) is 4.79 Å². The Bertz CT molecular complexity index is 678. The zero-order chi connectivity index (χ0) is 18.8. The maximum absolute atomic E-state index is 14.0. The van der Waals surface area contributed by atoms with Gasteiger partial charge in [0.05, 0.1) is 4.92 Å². The van der Waals surface area contributed by atoms with Crippen molar-refractivity contribution >= 4 is 33.4 Å². The lowest BCUT2D eigenvalue weighted by atomic mass is 10.0. The van der Waals surface area contributed by atoms with Gasteiger partial charge in [-0.05, 0) is 45.7 Å². The second-order valence-electron chi connectivity index (χ2n) is 6.94. The summed E-state index contributed by atoms with van der Waals surface area (Å²) < 4.78 is 19.7. The number of alkyl carbamates (subject to hydrolysis) is 1. The molecule has 1 atom stereocenters. The van der Waals surface area contributed by atoms with E-state index >= 15 is 0 Å². The van der Waals surface area contributed by atoms with Gasteiger partial charge < -0.3 is 15.0 Å². The van der Waals surface area contributed by atoms with Gasteiger partial charge in [0.1, 0.15) is 11.3 Å². The van der Waals surface area contributed by atoms with Crippen LogP contribution in [0.2, 0.25) is 0 Å². The molecule has 1 heterocycles. The van der Waals surface area contributed by atoms with Crippen LogP contribution in [0, 0.1) is 15.9 Å². The molecule has 0 bridgehead atoms. The molecule has 1 aliphatic heterocycles. The number of nitro groups is 1. The number of nitrogens with one attached hydrogen (secondary N) is 1. The fourth-order valence-electron chi connectivity index (χ4n) is 2.76. The molecule has 25 heavy (non-hydrogen) atoms. The van der Waals surface area contributed by atoms with Crippen LogP contribution in [0.25, 0.3) is 0 Å². The van der Waals surface area contributed by atoms with E-state index in [1.165, 1.54) is 6.07 Å². The molecule has 9 heteroatoms. The van der Waals surface area contributed by atoms with Crippen LogP contribution in [0.15, 0.2) is 16.6 Å². The average Bonchev–Trinajstić information content (AvgIpc) is 2.43. The normalized spacial score (nSPS) is 18.0. The lowest BCUT2D eigenvalue weighted by molar-refractivity contribution is -0.386. The summed E-state index contributed by atoms with van der Waals surface area (Å²) in [6.07, 6.45) is 0.903. The SMILES string of the molecule is CC(C)(C)OC(=O)NC1CCCN(c2cc(Br)cc(F)c2[N+](=O)[O-])C1. The molecule has 2 rings (SSSR count). The number of hydrogen-bond acceptors (Lipinski definition) is 5. The summed E-state index contributed by atoms with van der Waals surface area (Å²) in [4.78, 5) is 24.2. The second kappa shape index (κ2) is 7.55. The van der Waals surface area contributed by atoms with Crippen molar-refractivity contribution in [1.29, 1.82) is 0 Å². The first-order valence-corrected chi connectivity index (χ1v) is 8.74. The van der Waals surface area contributed by atoms with Gasteiger partial charge in [0.2, 0.25) is 5.82 Å². The van der Waals surface area contributed by atoms with Gasteiger partial charge in [-0.3, -0.25) is 10.1 Å². The summed E-state index contributed by atoms with van der Waals surface area (Å²) >= 11 is 3.17. The largest absolute Gasteiger partial charge is 0.444 e. The Morgan fingerprint density at radius 3 is 2.76 bits per heavy atom. The zero-order valence-corrected chi connectivity index (χ0v) is 15.9. The first-order valence-electron chi connectivity index (χ1n) is 7.95. The predicted molar refractivity (Wildman–Crippen MR) is 95.4 cm³/mol. The Balaban J connectivity index is 2.16. The minimum atomic E-state index is -0.892. The number of anilines is 1. The van der Waals surface area contributed by atoms with Crippen LogP contribution in [0.4, 0.5) is 20.6 Å². The summed E-state index contributed by atoms with van der Waals surface area (Å²) in [6.45, 7) is 6.20. The van der Waals surface area contributed by atoms with Crippen LogP contribution in [-0.2, 0) is 4.74 Å². The van der Waals surface area contributed by atoms with Crippen molar-refractivity contribution in [3.8, 4) is 0 Å². The van der Waals surface area contributed by atoms with E-state index in [2.05, 4.69) is 21.2 Å². The molecule has 138 valence electrons. The fourth-order valence-corrected chi connectivity index (χ4v) is 3.18. The standard InChI is InChI=1S/C16H21BrFN3O4/c1-16(2,3)25-15(22)19-11-5-4-6-20(9-11)13-8-10(17)7-12(18)14(13)21(23)24/h7-8,11H,4-6,9H2,1-3H3,(H,19,22). The first-order chi connectivity index (χ1) is 11.6. The number of nitro benzene ring substituents is 1. The van der Waals surface area contributed by atoms with Crippen molar-refractivity contribution in [2.45, 2.75) is 45.3 Å². The number of nitrogens with zero attached hydrogens (tertiary/aromatic N) is 2. The molecule has 7 nitrogen and oxygen atoms in total. The monoisotopic (exact) mass is 417 g/mol. The quantitative estimate of drug-likeness (QED) is 0.593. The highest BCUT2D eigenvalue weighted by atomic mass is 79.9. The average molecular weight is 418 g/mol. The summed E-state index contributed by atoms with van der Waals surface area (Å²) in [5.41, 5.74) is -0.960. The minimum Gasteiger partial charge on any atom is -0.444 e. The summed E-state index contributed by atoms with van der Waals surface area (Å²) in [5, 5.41) is 14.0. The van der Waals surface area contributed by atoms with E-state index in [0.29, 0.717) is 24.0 Å². The maximum atomic E-state index is 14.0. The molecule has 0 radical (unpaired) electrons. The first kappa shape index (κ1) is 19.4. The number of hydrogen-bond donors (Lipinski definition) is 1. The number of carbonyl (C=O) groups excluding carboxylic acids is 1. The van der Waals surface area contributed by atoms with Gasteiger partial charge in [-0.2, -0.15) is 4.39 Å². The number of rotatable bonds is 3. The van der Waals surface area contributed by atoms with Crippen LogP contribution in [0.5, 0.6) is 0 Å². The fraction of sp³-hybridized carbons (Fsp3) is 0.562. The maximum Gasteiger partial charge on any atom is 0.407 e. The number of ether oxygens (including phenoxy) is 1. The molecule has 1 amide bonds. The van der Waals surface area contributed by atoms with Gasteiger partial charge in [-0.1, -0.05) is 15.9 Å². The van der Waals surface area contributed by atoms with Crippen LogP contribution >= 0.6 is 15.9 Å². The van der Waals surface area contributed by atoms with Crippen LogP contribution in [-0.4, -0.2) is 35.7 Å². The van der Waals surface area contributed by atoms with E-state index in [1.807, 2.05) is 0 Å². The van der Waals surface area contributed by atoms with E-state index in [-0.39, 0.29) is 11.7 Å². The highest BCUT2D eigenvalue weighted by Gasteiger charge is 2.30. The molecule has 0 spiro atoms. The smallest absolute Gasteiger partial charge is 0.407 e. The molecule has 1 saturated heterocycles. The van der Waals surface area contributed by atoms with Gasteiger partial charge in [0, 0.05) is 23.6 Å². The summed E-state index contributed by atoms with van der Waals surface area (Å²) in [5.74, 6) is -0.892. The van der Waals surface area contributed by atoms with Crippen LogP contribution in [0.1, 0.15) is 33.6 Å². The molecule has 1 aromatic rings. The molecule has 1 N–H and O–H groups in total. The third-order valence-electron chi connectivity index (χ3n) is 3.67. The van der Waals surface area contributed by atoms with E-state index < -0.39 is 28.1 Å². The third kappa shape index (κ3) is 5.29. The molecular weight excluding hydrogens is 397 g/mol. The lowest BCUT2D eigenvalue weighted by Crippen LogP contribution is -2.49. The van der Waals surface area contributed by atoms with Crippen LogP contribution in [0.3, 0.4) is 0 Å². The van der Waals surface area contributed by atoms with Gasteiger partial charge >= 0.3 is 11.8 Å². The predicted octanol–water partition coefficient (Wildman–Crippen LogP) is 3.99. The van der Waals surface area contributed by atoms with E-state index in [9.17, 15) is 19.3 Å². The molecule has 0 aromatic heterocycles. The Morgan fingerprint density at radius 1 is 1.48 bits per heavy atom. The number of piperidine rings is 1. The summed E-state index contributed by atoms with van der Waals surface area (Å²) in [7, 11) is 0. The van der Waals surface area contributed by atoms with Crippen molar-refractivity contribution < 1.29 is 18.8 Å². The Hall–Kier alpha value is -1.90. The molecular formula is C16H21BrFN3O4. The molecule has 1 fully saturated rings. The summed E-state index contributed by atoms with van der Waals surface area (Å²) in [6, 6.07) is 2.37. The lowest BCUT2D eigenvalue weighted by Gasteiger charge is -2.34. The van der Waals surface area contributed by atoms with Crippen molar-refractivity contribution in [2.24, 2.45) is 0 Å². The third-order valence-corrected chi connectivity index (χ3v) is 4.13. The highest BCUT2D eigenvalue weighted by molar-refractivity contribution is 9.10. The molecule has 0 saturated carbocycles. The van der Waals surface area contributed by atoms with Crippen molar-refractivity contribution in [2.75, 3.05) is 18.0 Å². The minimum absolute atomic E-state index is 0.201. The second-order valence-corrected chi connectivity index (χ2v) is 7.86. The Kier molecular flexibility index (Phi) is 5.87. The molecule has 1 aromatic carbocycles. The van der Waals surface area contributed by atoms with Crippen molar-refractivity contribution in [3.63, 3.8) is 0 Å². The number of benzene rings is 1. The Morgan fingerprint density at radius 2 is 2.16 bits per heavy atom. The molecule has 0 aliphatic carbocycles. The number of carbonyl (C=O) groups is 1. The van der Waals surface area contributed by atoms with E-state index in [4.69, 9.17) is 4.74 Å². The van der Waals surface area contributed by atoms with Crippen molar-refractivity contribution in [1.82, 2.24) is 5.32 Å². The number of halogens is 2. The topological polar surface area (TPSA) is 84.7 Å². The Labute approximate surface area is 153 Å². The van der Waals surface area contributed by atoms with Gasteiger partial charge in [-0.15, -0.1) is 0 Å². The van der Waals surface area contributed by atoms with E-state index in [0.717, 1.165) is 12.5 Å². The molecule has 1 unspecified atom stereocenters. The van der Waals surface area contributed by atoms with E-state index in [1.54, 1.807) is 25.7 Å². The van der Waals surface area contributed by atoms with Crippen molar-refractivity contribution in [3.05, 3.63) is 32.5 Å². The highest BCUT2D eigenvalue weighted by Crippen LogP contribution is 2.35. The van der Waals surface area contributed by atoms with Gasteiger partial charge in [0.15, 0.2) is 0 Å². The van der Waals surface area contributed by atoms with Crippen LogP contribution < -0.4 is 10.2 Å². The zero-order valence-electron chi connectivity index (χ0n) is 14.3. The number of amides is 1.